The van der Waals surface area contributed by atoms with Gasteiger partial charge in [-0.05, 0) is 60.8 Å². The van der Waals surface area contributed by atoms with E-state index in [1.54, 1.807) is 6.08 Å². The Kier molecular flexibility index (Phi) is 4.01. The molecule has 0 amide bonds. The molecule has 0 aromatic rings. The summed E-state index contributed by atoms with van der Waals surface area (Å²) in [6.45, 7) is 4.38. The minimum absolute atomic E-state index is 0.0335. The topological polar surface area (TPSA) is 60.4 Å². The fourth-order valence-electron chi connectivity index (χ4n) is 6.67. The van der Waals surface area contributed by atoms with E-state index < -0.39 is 0 Å². The Morgan fingerprint density at radius 2 is 1.92 bits per heavy atom. The number of hydrogen-bond acceptors (Lipinski definition) is 4. The highest BCUT2D eigenvalue weighted by atomic mass is 16.5. The SMILES string of the molecule is COC(=O)/C=C1\CCC2C3CCC4=CC(=O)CCC4(C)C3C(=O)CC12C. The molecule has 0 bridgehead atoms. The van der Waals surface area contributed by atoms with Gasteiger partial charge in [-0.25, -0.2) is 4.79 Å². The maximum Gasteiger partial charge on any atom is 0.330 e. The molecule has 0 aromatic carbocycles. The minimum atomic E-state index is -0.317. The molecule has 5 atom stereocenters. The standard InChI is InChI=1S/C22H28O4/c1-21-9-8-15(23)10-13(21)4-6-16-17-7-5-14(11-19(25)26-3)22(17,2)12-18(24)20(16)21/h10-11,16-17,20H,4-9,12H2,1-3H3/b14-11+. The van der Waals surface area contributed by atoms with E-state index in [2.05, 4.69) is 13.8 Å². The van der Waals surface area contributed by atoms with Crippen LogP contribution in [0.5, 0.6) is 0 Å². The third-order valence-corrected chi connectivity index (χ3v) is 8.00. The molecule has 0 aliphatic heterocycles. The first kappa shape index (κ1) is 17.7. The maximum absolute atomic E-state index is 13.4. The molecule has 5 unspecified atom stereocenters. The van der Waals surface area contributed by atoms with Gasteiger partial charge < -0.3 is 4.74 Å². The Morgan fingerprint density at radius 3 is 2.65 bits per heavy atom. The molecule has 140 valence electrons. The molecule has 0 heterocycles. The quantitative estimate of drug-likeness (QED) is 0.530. The normalized spacial score (nSPS) is 43.4. The second-order valence-corrected chi connectivity index (χ2v) is 9.13. The first-order chi connectivity index (χ1) is 12.3. The molecule has 4 aliphatic rings. The number of fused-ring (bicyclic) bond motifs is 5. The van der Waals surface area contributed by atoms with Crippen LogP contribution in [-0.2, 0) is 19.1 Å². The summed E-state index contributed by atoms with van der Waals surface area (Å²) in [5.41, 5.74) is 1.93. The lowest BCUT2D eigenvalue weighted by atomic mass is 9.47. The number of ketones is 2. The fourth-order valence-corrected chi connectivity index (χ4v) is 6.67. The van der Waals surface area contributed by atoms with E-state index in [1.807, 2.05) is 6.08 Å². The number of esters is 1. The third-order valence-electron chi connectivity index (χ3n) is 8.00. The van der Waals surface area contributed by atoms with Crippen LogP contribution in [0.4, 0.5) is 0 Å². The number of hydrogen-bond donors (Lipinski definition) is 0. The van der Waals surface area contributed by atoms with Gasteiger partial charge in [0.2, 0.25) is 0 Å². The maximum atomic E-state index is 13.4. The molecule has 3 saturated carbocycles. The van der Waals surface area contributed by atoms with Crippen LogP contribution >= 0.6 is 0 Å². The molecule has 0 aromatic heterocycles. The Hall–Kier alpha value is -1.71. The number of rotatable bonds is 1. The summed E-state index contributed by atoms with van der Waals surface area (Å²) in [5, 5.41) is 0. The second kappa shape index (κ2) is 5.90. The molecule has 4 aliphatic carbocycles. The van der Waals surface area contributed by atoms with E-state index >= 15 is 0 Å². The highest BCUT2D eigenvalue weighted by molar-refractivity contribution is 5.93. The van der Waals surface area contributed by atoms with Crippen LogP contribution < -0.4 is 0 Å². The monoisotopic (exact) mass is 356 g/mol. The Labute approximate surface area is 155 Å². The average Bonchev–Trinajstić information content (AvgIpc) is 2.91. The first-order valence-electron chi connectivity index (χ1n) is 9.85. The number of Topliss-reactive ketones (excluding diaryl/α,β-unsaturated/α-hetero) is 1. The van der Waals surface area contributed by atoms with Crippen molar-refractivity contribution < 1.29 is 19.1 Å². The van der Waals surface area contributed by atoms with Crippen molar-refractivity contribution in [2.45, 2.75) is 58.8 Å². The van der Waals surface area contributed by atoms with Crippen LogP contribution in [0.2, 0.25) is 0 Å². The summed E-state index contributed by atoms with van der Waals surface area (Å²) in [4.78, 5) is 37.1. The number of carbonyl (C=O) groups is 3. The summed E-state index contributed by atoms with van der Waals surface area (Å²) in [5.74, 6) is 1.06. The van der Waals surface area contributed by atoms with Crippen molar-refractivity contribution in [1.29, 1.82) is 0 Å². The molecule has 0 radical (unpaired) electrons. The summed E-state index contributed by atoms with van der Waals surface area (Å²) >= 11 is 0. The average molecular weight is 356 g/mol. The van der Waals surface area contributed by atoms with Gasteiger partial charge in [0, 0.05) is 24.8 Å². The van der Waals surface area contributed by atoms with Crippen LogP contribution in [0.25, 0.3) is 0 Å². The van der Waals surface area contributed by atoms with Crippen molar-refractivity contribution in [3.05, 3.63) is 23.3 Å². The molecule has 3 fully saturated rings. The van der Waals surface area contributed by atoms with Gasteiger partial charge in [-0.3, -0.25) is 9.59 Å². The van der Waals surface area contributed by atoms with Crippen LogP contribution in [-0.4, -0.2) is 24.6 Å². The lowest BCUT2D eigenvalue weighted by Crippen LogP contribution is -2.54. The summed E-state index contributed by atoms with van der Waals surface area (Å²) in [6.07, 6.45) is 9.17. The molecule has 0 N–H and O–H groups in total. The molecule has 4 nitrogen and oxygen atoms in total. The van der Waals surface area contributed by atoms with E-state index in [4.69, 9.17) is 4.74 Å². The van der Waals surface area contributed by atoms with Gasteiger partial charge in [-0.2, -0.15) is 0 Å². The van der Waals surface area contributed by atoms with E-state index in [0.717, 1.165) is 37.7 Å². The smallest absolute Gasteiger partial charge is 0.330 e. The van der Waals surface area contributed by atoms with Gasteiger partial charge in [0.1, 0.15) is 5.78 Å². The van der Waals surface area contributed by atoms with Crippen LogP contribution in [0.3, 0.4) is 0 Å². The van der Waals surface area contributed by atoms with Crippen LogP contribution in [0.15, 0.2) is 23.3 Å². The Balaban J connectivity index is 1.71. The van der Waals surface area contributed by atoms with Gasteiger partial charge in [0.25, 0.3) is 0 Å². The third kappa shape index (κ3) is 2.37. The molecule has 0 spiro atoms. The van der Waals surface area contributed by atoms with Gasteiger partial charge in [-0.15, -0.1) is 0 Å². The first-order valence-corrected chi connectivity index (χ1v) is 9.85. The van der Waals surface area contributed by atoms with Crippen molar-refractivity contribution in [2.75, 3.05) is 7.11 Å². The van der Waals surface area contributed by atoms with Crippen molar-refractivity contribution in [3.8, 4) is 0 Å². The van der Waals surface area contributed by atoms with E-state index in [1.165, 1.54) is 12.7 Å². The van der Waals surface area contributed by atoms with E-state index in [9.17, 15) is 14.4 Å². The Morgan fingerprint density at radius 1 is 1.15 bits per heavy atom. The predicted molar refractivity (Wildman–Crippen MR) is 97.2 cm³/mol. The number of allylic oxidation sites excluding steroid dienone is 2. The zero-order valence-electron chi connectivity index (χ0n) is 16.0. The zero-order valence-corrected chi connectivity index (χ0v) is 16.0. The molecule has 4 heteroatoms. The van der Waals surface area contributed by atoms with E-state index in [-0.39, 0.29) is 28.5 Å². The summed E-state index contributed by atoms with van der Waals surface area (Å²) in [7, 11) is 1.40. The molecular weight excluding hydrogens is 328 g/mol. The lowest BCUT2D eigenvalue weighted by molar-refractivity contribution is -0.143. The fraction of sp³-hybridized carbons (Fsp3) is 0.682. The molecule has 0 saturated heterocycles. The highest BCUT2D eigenvalue weighted by Crippen LogP contribution is 2.65. The molecule has 26 heavy (non-hydrogen) atoms. The Bertz CT molecular complexity index is 745. The minimum Gasteiger partial charge on any atom is -0.466 e. The van der Waals surface area contributed by atoms with Gasteiger partial charge in [-0.1, -0.05) is 25.0 Å². The lowest BCUT2D eigenvalue weighted by Gasteiger charge is -2.56. The van der Waals surface area contributed by atoms with Crippen LogP contribution in [0, 0.1) is 28.6 Å². The largest absolute Gasteiger partial charge is 0.466 e. The highest BCUT2D eigenvalue weighted by Gasteiger charge is 2.60. The van der Waals surface area contributed by atoms with Crippen LogP contribution in [0.1, 0.15) is 58.8 Å². The zero-order chi connectivity index (χ0) is 18.7. The molecule has 4 rings (SSSR count). The van der Waals surface area contributed by atoms with Gasteiger partial charge >= 0.3 is 5.97 Å². The van der Waals surface area contributed by atoms with Crippen molar-refractivity contribution in [3.63, 3.8) is 0 Å². The second-order valence-electron chi connectivity index (χ2n) is 9.13. The predicted octanol–water partition coefficient (Wildman–Crippen LogP) is 3.80. The summed E-state index contributed by atoms with van der Waals surface area (Å²) in [6, 6.07) is 0. The summed E-state index contributed by atoms with van der Waals surface area (Å²) < 4.78 is 4.83. The van der Waals surface area contributed by atoms with Gasteiger partial charge in [0.15, 0.2) is 5.78 Å². The molecular formula is C22H28O4. The number of carbonyl (C=O) groups excluding carboxylic acids is 3. The number of methoxy groups -OCH3 is 1. The number of ether oxygens (including phenoxy) is 1. The van der Waals surface area contributed by atoms with Crippen molar-refractivity contribution >= 4 is 17.5 Å². The van der Waals surface area contributed by atoms with Gasteiger partial charge in [0.05, 0.1) is 7.11 Å². The van der Waals surface area contributed by atoms with Crippen molar-refractivity contribution in [2.24, 2.45) is 28.6 Å². The van der Waals surface area contributed by atoms with E-state index in [0.29, 0.717) is 30.5 Å². The van der Waals surface area contributed by atoms with Crippen molar-refractivity contribution in [1.82, 2.24) is 0 Å².